The number of rotatable bonds is 3. The Hall–Kier alpha value is -0.780. The van der Waals surface area contributed by atoms with Crippen molar-refractivity contribution in [3.05, 3.63) is 29.3 Å². The number of para-hydroxylation sites is 1. The van der Waals surface area contributed by atoms with Crippen LogP contribution in [0.3, 0.4) is 0 Å². The van der Waals surface area contributed by atoms with E-state index >= 15 is 0 Å². The maximum absolute atomic E-state index is 11.4. The van der Waals surface area contributed by atoms with E-state index in [0.717, 1.165) is 5.69 Å². The van der Waals surface area contributed by atoms with Crippen molar-refractivity contribution in [1.82, 2.24) is 0 Å². The molecule has 1 heterocycles. The molecule has 1 saturated heterocycles. The summed E-state index contributed by atoms with van der Waals surface area (Å²) in [5.74, 6) is 0.204. The van der Waals surface area contributed by atoms with E-state index < -0.39 is 15.4 Å². The highest BCUT2D eigenvalue weighted by molar-refractivity contribution is 7.91. The first-order valence-electron chi connectivity index (χ1n) is 5.80. The van der Waals surface area contributed by atoms with E-state index in [1.165, 1.54) is 0 Å². The van der Waals surface area contributed by atoms with Crippen LogP contribution in [0.4, 0.5) is 5.69 Å². The quantitative estimate of drug-likeness (QED) is 0.889. The molecule has 0 spiro atoms. The summed E-state index contributed by atoms with van der Waals surface area (Å²) in [5.41, 5.74) is 0.142. The molecule has 4 nitrogen and oxygen atoms in total. The molecular formula is C12H16ClNO3S. The van der Waals surface area contributed by atoms with Crippen LogP contribution in [0, 0.1) is 0 Å². The van der Waals surface area contributed by atoms with Crippen molar-refractivity contribution in [3.63, 3.8) is 0 Å². The number of nitrogens with one attached hydrogen (secondary N) is 1. The van der Waals surface area contributed by atoms with Crippen molar-refractivity contribution in [2.24, 2.45) is 0 Å². The molecule has 0 saturated carbocycles. The Bertz CT molecular complexity index is 516. The molecule has 0 unspecified atom stereocenters. The zero-order valence-electron chi connectivity index (χ0n) is 9.89. The van der Waals surface area contributed by atoms with E-state index in [4.69, 9.17) is 11.6 Å². The Balaban J connectivity index is 2.18. The number of anilines is 1. The second-order valence-corrected chi connectivity index (χ2v) is 7.41. The van der Waals surface area contributed by atoms with Crippen LogP contribution in [0.2, 0.25) is 5.02 Å². The molecule has 100 valence electrons. The van der Waals surface area contributed by atoms with Gasteiger partial charge in [0.25, 0.3) is 0 Å². The Labute approximate surface area is 112 Å². The van der Waals surface area contributed by atoms with Gasteiger partial charge >= 0.3 is 0 Å². The second kappa shape index (κ2) is 5.07. The predicted octanol–water partition coefficient (Wildman–Crippen LogP) is 1.69. The van der Waals surface area contributed by atoms with Crippen molar-refractivity contribution in [2.45, 2.75) is 18.4 Å². The van der Waals surface area contributed by atoms with Gasteiger partial charge in [-0.2, -0.15) is 0 Å². The van der Waals surface area contributed by atoms with Crippen LogP contribution in [0.25, 0.3) is 0 Å². The maximum Gasteiger partial charge on any atom is 0.150 e. The number of hydrogen-bond donors (Lipinski definition) is 2. The average molecular weight is 290 g/mol. The lowest BCUT2D eigenvalue weighted by molar-refractivity contribution is 0.200. The first-order chi connectivity index (χ1) is 8.46. The largest absolute Gasteiger partial charge is 0.394 e. The maximum atomic E-state index is 11.4. The van der Waals surface area contributed by atoms with E-state index in [0.29, 0.717) is 17.9 Å². The van der Waals surface area contributed by atoms with Crippen molar-refractivity contribution < 1.29 is 13.5 Å². The first-order valence-corrected chi connectivity index (χ1v) is 8.00. The molecule has 0 amide bonds. The van der Waals surface area contributed by atoms with E-state index in [9.17, 15) is 13.5 Å². The van der Waals surface area contributed by atoms with Crippen molar-refractivity contribution in [2.75, 3.05) is 23.4 Å². The fourth-order valence-corrected chi connectivity index (χ4v) is 3.89. The summed E-state index contributed by atoms with van der Waals surface area (Å²) in [4.78, 5) is 0. The minimum absolute atomic E-state index is 0.102. The summed E-state index contributed by atoms with van der Waals surface area (Å²) in [7, 11) is -2.95. The third-order valence-electron chi connectivity index (χ3n) is 3.36. The minimum Gasteiger partial charge on any atom is -0.394 e. The first kappa shape index (κ1) is 13.6. The fourth-order valence-electron chi connectivity index (χ4n) is 2.10. The number of sulfone groups is 1. The van der Waals surface area contributed by atoms with Gasteiger partial charge in [-0.3, -0.25) is 0 Å². The number of halogens is 1. The Kier molecular flexibility index (Phi) is 3.84. The van der Waals surface area contributed by atoms with Crippen molar-refractivity contribution >= 4 is 27.1 Å². The predicted molar refractivity (Wildman–Crippen MR) is 72.8 cm³/mol. The van der Waals surface area contributed by atoms with Crippen LogP contribution >= 0.6 is 11.6 Å². The summed E-state index contributed by atoms with van der Waals surface area (Å²) in [6, 6.07) is 7.25. The standard InChI is InChI=1S/C12H16ClNO3S/c13-10-3-1-2-4-11(10)14-12(9-15)5-7-18(16,17)8-6-12/h1-4,14-15H,5-9H2. The Morgan fingerprint density at radius 1 is 1.28 bits per heavy atom. The van der Waals surface area contributed by atoms with Gasteiger partial charge in [0.15, 0.2) is 9.84 Å². The molecule has 0 atom stereocenters. The molecule has 1 aliphatic rings. The molecule has 1 aromatic rings. The van der Waals surface area contributed by atoms with Gasteiger partial charge in [0.05, 0.1) is 34.4 Å². The Morgan fingerprint density at radius 3 is 2.44 bits per heavy atom. The van der Waals surface area contributed by atoms with Gasteiger partial charge < -0.3 is 10.4 Å². The third-order valence-corrected chi connectivity index (χ3v) is 5.34. The molecule has 18 heavy (non-hydrogen) atoms. The fraction of sp³-hybridized carbons (Fsp3) is 0.500. The summed E-state index contributed by atoms with van der Waals surface area (Å²) >= 11 is 6.06. The van der Waals surface area contributed by atoms with E-state index in [1.54, 1.807) is 6.07 Å². The highest BCUT2D eigenvalue weighted by Gasteiger charge is 2.37. The molecule has 1 aromatic carbocycles. The molecule has 2 N–H and O–H groups in total. The lowest BCUT2D eigenvalue weighted by atomic mass is 9.93. The lowest BCUT2D eigenvalue weighted by Crippen LogP contribution is -2.48. The number of benzene rings is 1. The molecular weight excluding hydrogens is 274 g/mol. The highest BCUT2D eigenvalue weighted by atomic mass is 35.5. The highest BCUT2D eigenvalue weighted by Crippen LogP contribution is 2.31. The number of aliphatic hydroxyl groups is 1. The summed E-state index contributed by atoms with van der Waals surface area (Å²) in [6.07, 6.45) is 0.800. The molecule has 6 heteroatoms. The summed E-state index contributed by atoms with van der Waals surface area (Å²) < 4.78 is 22.9. The smallest absolute Gasteiger partial charge is 0.150 e. The van der Waals surface area contributed by atoms with E-state index in [-0.39, 0.29) is 18.1 Å². The zero-order valence-corrected chi connectivity index (χ0v) is 11.5. The summed E-state index contributed by atoms with van der Waals surface area (Å²) in [5, 5.41) is 13.3. The van der Waals surface area contributed by atoms with Gasteiger partial charge in [-0.15, -0.1) is 0 Å². The van der Waals surface area contributed by atoms with Crippen LogP contribution < -0.4 is 5.32 Å². The van der Waals surface area contributed by atoms with Gasteiger partial charge in [0.1, 0.15) is 0 Å². The van der Waals surface area contributed by atoms with Crippen LogP contribution in [0.1, 0.15) is 12.8 Å². The number of aliphatic hydroxyl groups excluding tert-OH is 1. The monoisotopic (exact) mass is 289 g/mol. The Morgan fingerprint density at radius 2 is 1.89 bits per heavy atom. The molecule has 0 bridgehead atoms. The second-order valence-electron chi connectivity index (χ2n) is 4.70. The zero-order chi connectivity index (χ0) is 13.2. The van der Waals surface area contributed by atoms with Crippen molar-refractivity contribution in [1.29, 1.82) is 0 Å². The van der Waals surface area contributed by atoms with Gasteiger partial charge in [-0.25, -0.2) is 8.42 Å². The normalized spacial score (nSPS) is 21.4. The summed E-state index contributed by atoms with van der Waals surface area (Å²) in [6.45, 7) is -0.103. The van der Waals surface area contributed by atoms with E-state index in [2.05, 4.69) is 5.32 Å². The molecule has 0 radical (unpaired) electrons. The van der Waals surface area contributed by atoms with Crippen LogP contribution in [0.15, 0.2) is 24.3 Å². The SMILES string of the molecule is O=S1(=O)CCC(CO)(Nc2ccccc2Cl)CC1. The molecule has 2 rings (SSSR count). The van der Waals surface area contributed by atoms with Gasteiger partial charge in [0.2, 0.25) is 0 Å². The van der Waals surface area contributed by atoms with E-state index in [1.807, 2.05) is 18.2 Å². The molecule has 0 aromatic heterocycles. The lowest BCUT2D eigenvalue weighted by Gasteiger charge is -2.37. The topological polar surface area (TPSA) is 66.4 Å². The van der Waals surface area contributed by atoms with Crippen molar-refractivity contribution in [3.8, 4) is 0 Å². The van der Waals surface area contributed by atoms with Crippen LogP contribution in [-0.2, 0) is 9.84 Å². The van der Waals surface area contributed by atoms with Gasteiger partial charge in [-0.1, -0.05) is 23.7 Å². The van der Waals surface area contributed by atoms with Gasteiger partial charge in [0, 0.05) is 0 Å². The van der Waals surface area contributed by atoms with Crippen LogP contribution in [0.5, 0.6) is 0 Å². The average Bonchev–Trinajstić information content (AvgIpc) is 2.35. The molecule has 0 aliphatic carbocycles. The number of hydrogen-bond acceptors (Lipinski definition) is 4. The minimum atomic E-state index is -2.95. The van der Waals surface area contributed by atoms with Crippen LogP contribution in [-0.4, -0.2) is 37.2 Å². The third kappa shape index (κ3) is 2.96. The molecule has 1 fully saturated rings. The van der Waals surface area contributed by atoms with Gasteiger partial charge in [-0.05, 0) is 25.0 Å². The molecule has 1 aliphatic heterocycles.